The number of rotatable bonds is 7. The normalized spacial score (nSPS) is 12.3. The summed E-state index contributed by atoms with van der Waals surface area (Å²) in [5.74, 6) is 1.96. The van der Waals surface area contributed by atoms with Crippen molar-refractivity contribution in [1.29, 1.82) is 0 Å². The first kappa shape index (κ1) is 32.4. The first-order chi connectivity index (χ1) is 26.8. The summed E-state index contributed by atoms with van der Waals surface area (Å²) in [7, 11) is -2.92. The molecular weight excluding hydrogens is 689 g/mol. The Labute approximate surface area is 321 Å². The van der Waals surface area contributed by atoms with Gasteiger partial charge in [-0.15, -0.1) is 11.8 Å². The molecule has 0 radical (unpaired) electrons. The highest BCUT2D eigenvalue weighted by Gasteiger charge is 2.42. The van der Waals surface area contributed by atoms with Crippen molar-refractivity contribution in [3.8, 4) is 39.1 Å². The molecule has 54 heavy (non-hydrogen) atoms. The molecule has 0 saturated heterocycles. The van der Waals surface area contributed by atoms with Crippen LogP contribution in [0.25, 0.3) is 50.1 Å². The summed E-state index contributed by atoms with van der Waals surface area (Å²) in [6.07, 6.45) is 0. The molecule has 0 amide bonds. The lowest BCUT2D eigenvalue weighted by Gasteiger charge is -2.35. The van der Waals surface area contributed by atoms with Crippen LogP contribution in [0, 0.1) is 0 Å². The smallest absolute Gasteiger partial charge is 0.179 e. The molecule has 9 aromatic rings. The fraction of sp³-hybridized carbons (Fsp3) is 0.0200. The Hall–Kier alpha value is -6.20. The van der Waals surface area contributed by atoms with Crippen molar-refractivity contribution >= 4 is 51.6 Å². The van der Waals surface area contributed by atoms with Gasteiger partial charge in [0.25, 0.3) is 0 Å². The number of nitrogens with zero attached hydrogens (tertiary/aromatic N) is 2. The molecule has 0 unspecified atom stereocenters. The van der Waals surface area contributed by atoms with Gasteiger partial charge in [-0.3, -0.25) is 4.57 Å². The Morgan fingerprint density at radius 3 is 1.61 bits per heavy atom. The van der Waals surface area contributed by atoms with Gasteiger partial charge in [0.15, 0.2) is 8.07 Å². The van der Waals surface area contributed by atoms with Crippen LogP contribution in [0.1, 0.15) is 5.82 Å². The van der Waals surface area contributed by atoms with E-state index in [4.69, 9.17) is 4.98 Å². The summed E-state index contributed by atoms with van der Waals surface area (Å²) in [6.45, 7) is 0. The minimum Gasteiger partial charge on any atom is -0.294 e. The van der Waals surface area contributed by atoms with E-state index in [1.807, 2.05) is 11.8 Å². The van der Waals surface area contributed by atoms with Gasteiger partial charge in [-0.1, -0.05) is 176 Å². The quantitative estimate of drug-likeness (QED) is 0.120. The van der Waals surface area contributed by atoms with Crippen LogP contribution in [0.4, 0.5) is 0 Å². The minimum atomic E-state index is -2.92. The molecule has 0 atom stereocenters. The molecule has 256 valence electrons. The predicted molar refractivity (Wildman–Crippen MR) is 231 cm³/mol. The monoisotopic (exact) mass is 724 g/mol. The van der Waals surface area contributed by atoms with E-state index in [-0.39, 0.29) is 0 Å². The van der Waals surface area contributed by atoms with Gasteiger partial charge in [-0.2, -0.15) is 0 Å². The summed E-state index contributed by atoms with van der Waals surface area (Å²) in [6, 6.07) is 76.3. The van der Waals surface area contributed by atoms with Gasteiger partial charge in [0.2, 0.25) is 0 Å². The summed E-state index contributed by atoms with van der Waals surface area (Å²) >= 11 is 1.87. The van der Waals surface area contributed by atoms with Crippen molar-refractivity contribution in [1.82, 2.24) is 9.55 Å². The van der Waals surface area contributed by atoms with E-state index in [1.165, 1.54) is 64.7 Å². The SMILES string of the molecule is c1ccc(-c2cccc([Si](c3ccccc3)(c3ccccc3)c3cc(-c4ccccc4)cc(-c4ccc5nc6n(c5c4)-c4ccccc4SC6)c3)c2)cc1. The molecule has 2 heterocycles. The van der Waals surface area contributed by atoms with Gasteiger partial charge in [0.1, 0.15) is 5.82 Å². The van der Waals surface area contributed by atoms with Crippen molar-refractivity contribution in [3.63, 3.8) is 0 Å². The van der Waals surface area contributed by atoms with E-state index in [9.17, 15) is 0 Å². The maximum absolute atomic E-state index is 5.11. The van der Waals surface area contributed by atoms with Crippen LogP contribution in [0.2, 0.25) is 0 Å². The largest absolute Gasteiger partial charge is 0.294 e. The highest BCUT2D eigenvalue weighted by Crippen LogP contribution is 2.38. The molecule has 0 spiro atoms. The van der Waals surface area contributed by atoms with Crippen molar-refractivity contribution < 1.29 is 0 Å². The minimum absolute atomic E-state index is 0.860. The molecule has 0 N–H and O–H groups in total. The number of hydrogen-bond donors (Lipinski definition) is 0. The Balaban J connectivity index is 1.27. The molecule has 0 bridgehead atoms. The summed E-state index contributed by atoms with van der Waals surface area (Å²) in [5, 5.41) is 5.41. The van der Waals surface area contributed by atoms with E-state index in [0.29, 0.717) is 0 Å². The van der Waals surface area contributed by atoms with E-state index < -0.39 is 8.07 Å². The Bertz CT molecular complexity index is 2720. The molecule has 8 aromatic carbocycles. The third-order valence-corrected chi connectivity index (χ3v) is 16.6. The molecule has 0 aliphatic carbocycles. The maximum atomic E-state index is 5.11. The Morgan fingerprint density at radius 2 is 0.926 bits per heavy atom. The molecule has 0 fully saturated rings. The second-order valence-corrected chi connectivity index (χ2v) is 18.7. The van der Waals surface area contributed by atoms with Crippen LogP contribution in [-0.4, -0.2) is 17.6 Å². The lowest BCUT2D eigenvalue weighted by atomic mass is 9.98. The van der Waals surface area contributed by atoms with Gasteiger partial charge >= 0.3 is 0 Å². The van der Waals surface area contributed by atoms with Gasteiger partial charge in [-0.25, -0.2) is 4.98 Å². The van der Waals surface area contributed by atoms with Crippen molar-refractivity contribution in [3.05, 3.63) is 212 Å². The average Bonchev–Trinajstić information content (AvgIpc) is 3.64. The van der Waals surface area contributed by atoms with E-state index in [0.717, 1.165) is 22.6 Å². The first-order valence-corrected chi connectivity index (χ1v) is 21.5. The van der Waals surface area contributed by atoms with E-state index in [2.05, 4.69) is 211 Å². The number of thioether (sulfide) groups is 1. The number of fused-ring (bicyclic) bond motifs is 5. The zero-order valence-corrected chi connectivity index (χ0v) is 31.5. The zero-order valence-electron chi connectivity index (χ0n) is 29.6. The number of hydrogen-bond acceptors (Lipinski definition) is 2. The summed E-state index contributed by atoms with van der Waals surface area (Å²) in [5.41, 5.74) is 10.6. The van der Waals surface area contributed by atoms with Crippen molar-refractivity contribution in [2.24, 2.45) is 0 Å². The third kappa shape index (κ3) is 5.54. The molecule has 1 aliphatic heterocycles. The average molecular weight is 725 g/mol. The summed E-state index contributed by atoms with van der Waals surface area (Å²) in [4.78, 5) is 6.40. The van der Waals surface area contributed by atoms with Crippen LogP contribution >= 0.6 is 11.8 Å². The lowest BCUT2D eigenvalue weighted by Crippen LogP contribution is -2.74. The number of aromatic nitrogens is 2. The van der Waals surface area contributed by atoms with Gasteiger partial charge in [0, 0.05) is 4.90 Å². The van der Waals surface area contributed by atoms with Crippen LogP contribution in [-0.2, 0) is 5.75 Å². The molecule has 2 nitrogen and oxygen atoms in total. The highest BCUT2D eigenvalue weighted by atomic mass is 32.2. The summed E-state index contributed by atoms with van der Waals surface area (Å²) < 4.78 is 2.37. The van der Waals surface area contributed by atoms with Gasteiger partial charge in [-0.05, 0) is 84.5 Å². The predicted octanol–water partition coefficient (Wildman–Crippen LogP) is 10.0. The standard InChI is InChI=1S/C50H36N2SSi/c1-5-16-36(17-6-1)38-20-15-25-44(31-38)54(42-21-9-3-10-22-42,43-23-11-4-12-24-43)45-32-40(37-18-7-2-8-19-37)30-41(33-45)39-28-29-46-48(34-39)52-47-26-13-14-27-49(47)53-35-50(52)51-46/h1-34H,35H2. The van der Waals surface area contributed by atoms with Crippen LogP contribution < -0.4 is 20.7 Å². The molecular formula is C50H36N2SSi. The van der Waals surface area contributed by atoms with Gasteiger partial charge in [0.05, 0.1) is 22.5 Å². The van der Waals surface area contributed by atoms with E-state index >= 15 is 0 Å². The van der Waals surface area contributed by atoms with Crippen LogP contribution in [0.15, 0.2) is 211 Å². The van der Waals surface area contributed by atoms with Crippen LogP contribution in [0.3, 0.4) is 0 Å². The second kappa shape index (κ2) is 13.6. The maximum Gasteiger partial charge on any atom is 0.179 e. The fourth-order valence-corrected chi connectivity index (χ4v) is 14.1. The Kier molecular flexibility index (Phi) is 8.20. The van der Waals surface area contributed by atoms with Crippen LogP contribution in [0.5, 0.6) is 0 Å². The highest BCUT2D eigenvalue weighted by molar-refractivity contribution is 7.98. The zero-order chi connectivity index (χ0) is 35.9. The first-order valence-electron chi connectivity index (χ1n) is 18.5. The topological polar surface area (TPSA) is 17.8 Å². The third-order valence-electron chi connectivity index (χ3n) is 10.8. The lowest BCUT2D eigenvalue weighted by molar-refractivity contribution is 0.945. The number of para-hydroxylation sites is 1. The van der Waals surface area contributed by atoms with Gasteiger partial charge < -0.3 is 0 Å². The number of imidazole rings is 1. The second-order valence-electron chi connectivity index (χ2n) is 13.9. The van der Waals surface area contributed by atoms with Crippen molar-refractivity contribution in [2.75, 3.05) is 0 Å². The molecule has 1 aliphatic rings. The molecule has 4 heteroatoms. The fourth-order valence-electron chi connectivity index (χ4n) is 8.32. The van der Waals surface area contributed by atoms with Crippen molar-refractivity contribution in [2.45, 2.75) is 10.6 Å². The molecule has 10 rings (SSSR count). The molecule has 0 saturated carbocycles. The van der Waals surface area contributed by atoms with E-state index in [1.54, 1.807) is 0 Å². The Morgan fingerprint density at radius 1 is 0.407 bits per heavy atom. The molecule has 1 aromatic heterocycles. The number of benzene rings is 8.